The Morgan fingerprint density at radius 3 is 2.08 bits per heavy atom. The first-order valence-corrected chi connectivity index (χ1v) is 11.0. The zero-order chi connectivity index (χ0) is 18.0. The fraction of sp³-hybridized carbons (Fsp3) is 0.350. The summed E-state index contributed by atoms with van der Waals surface area (Å²) in [7, 11) is -0.302. The van der Waals surface area contributed by atoms with Crippen molar-refractivity contribution in [2.45, 2.75) is 38.9 Å². The maximum absolute atomic E-state index is 12.7. The summed E-state index contributed by atoms with van der Waals surface area (Å²) < 4.78 is 11.5. The van der Waals surface area contributed by atoms with Gasteiger partial charge in [0.25, 0.3) is 0 Å². The Morgan fingerprint density at radius 1 is 0.958 bits per heavy atom. The van der Waals surface area contributed by atoms with E-state index in [1.54, 1.807) is 19.2 Å². The van der Waals surface area contributed by atoms with Gasteiger partial charge in [0.1, 0.15) is 11.5 Å². The smallest absolute Gasteiger partial charge is 0.250 e. The number of carbonyl (C=O) groups excluding carboxylic acids is 1. The number of hydrogen-bond donors (Lipinski definition) is 0. The minimum Gasteiger partial charge on any atom is -0.544 e. The van der Waals surface area contributed by atoms with Gasteiger partial charge in [-0.15, -0.1) is 0 Å². The van der Waals surface area contributed by atoms with Gasteiger partial charge in [-0.1, -0.05) is 32.9 Å². The molecule has 0 saturated carbocycles. The van der Waals surface area contributed by atoms with Crippen molar-refractivity contribution in [2.24, 2.45) is 0 Å². The Labute approximate surface area is 145 Å². The van der Waals surface area contributed by atoms with Crippen LogP contribution in [0.1, 0.15) is 36.7 Å². The lowest BCUT2D eigenvalue weighted by Crippen LogP contribution is -2.43. The molecule has 0 heterocycles. The Bertz CT molecular complexity index is 712. The average Bonchev–Trinajstić information content (AvgIpc) is 2.53. The van der Waals surface area contributed by atoms with Crippen LogP contribution in [-0.4, -0.2) is 21.2 Å². The van der Waals surface area contributed by atoms with E-state index in [-0.39, 0.29) is 10.8 Å². The minimum absolute atomic E-state index is 0.0497. The van der Waals surface area contributed by atoms with Crippen LogP contribution in [0.4, 0.5) is 0 Å². The second-order valence-electron chi connectivity index (χ2n) is 7.42. The monoisotopic (exact) mass is 342 g/mol. The number of carbonyl (C=O) groups is 1. The van der Waals surface area contributed by atoms with E-state index in [1.165, 1.54) is 0 Å². The highest BCUT2D eigenvalue weighted by Gasteiger charge is 2.38. The molecule has 0 unspecified atom stereocenters. The third kappa shape index (κ3) is 3.87. The van der Waals surface area contributed by atoms with Gasteiger partial charge in [-0.05, 0) is 54.5 Å². The predicted octanol–water partition coefficient (Wildman–Crippen LogP) is 5.31. The Balaban J connectivity index is 2.22. The Hall–Kier alpha value is -2.07. The molecule has 0 aliphatic heterocycles. The van der Waals surface area contributed by atoms with Gasteiger partial charge in [0.05, 0.1) is 12.7 Å². The highest BCUT2D eigenvalue weighted by molar-refractivity contribution is 6.74. The van der Waals surface area contributed by atoms with E-state index in [9.17, 15) is 4.79 Å². The van der Waals surface area contributed by atoms with Crippen LogP contribution >= 0.6 is 0 Å². The molecular formula is C20H26O3Si. The van der Waals surface area contributed by atoms with E-state index in [1.807, 2.05) is 36.4 Å². The lowest BCUT2D eigenvalue weighted by Gasteiger charge is -2.36. The zero-order valence-electron chi connectivity index (χ0n) is 15.3. The number of ether oxygens (including phenoxy) is 1. The molecule has 2 rings (SSSR count). The highest BCUT2D eigenvalue weighted by atomic mass is 28.4. The molecular weight excluding hydrogens is 316 g/mol. The molecule has 3 nitrogen and oxygen atoms in total. The molecule has 0 bridgehead atoms. The standard InChI is InChI=1S/C20H26O3Si/c1-20(2,3)24(5,6)23-16-13-11-15(12-14-16)19(21)17-9-7-8-10-18(17)22-4/h7-14H,1-6H3. The third-order valence-electron chi connectivity index (χ3n) is 4.65. The van der Waals surface area contributed by atoms with Crippen LogP contribution in [0.25, 0.3) is 0 Å². The van der Waals surface area contributed by atoms with Gasteiger partial charge >= 0.3 is 0 Å². The minimum atomic E-state index is -1.87. The van der Waals surface area contributed by atoms with E-state index in [0.29, 0.717) is 16.9 Å². The van der Waals surface area contributed by atoms with E-state index in [2.05, 4.69) is 33.9 Å². The molecule has 2 aromatic rings. The van der Waals surface area contributed by atoms with Crippen molar-refractivity contribution in [3.8, 4) is 11.5 Å². The molecule has 0 aliphatic rings. The molecule has 24 heavy (non-hydrogen) atoms. The molecule has 0 atom stereocenters. The van der Waals surface area contributed by atoms with Crippen molar-refractivity contribution >= 4 is 14.1 Å². The van der Waals surface area contributed by atoms with Crippen LogP contribution in [0.15, 0.2) is 48.5 Å². The number of para-hydroxylation sites is 1. The molecule has 0 fully saturated rings. The second kappa shape index (κ2) is 6.81. The molecule has 0 spiro atoms. The summed E-state index contributed by atoms with van der Waals surface area (Å²) in [6.45, 7) is 11.0. The molecule has 0 amide bonds. The molecule has 0 aromatic heterocycles. The average molecular weight is 343 g/mol. The van der Waals surface area contributed by atoms with Gasteiger partial charge < -0.3 is 9.16 Å². The van der Waals surface area contributed by atoms with Crippen LogP contribution in [0.2, 0.25) is 18.1 Å². The summed E-state index contributed by atoms with van der Waals surface area (Å²) in [4.78, 5) is 12.7. The summed E-state index contributed by atoms with van der Waals surface area (Å²) >= 11 is 0. The van der Waals surface area contributed by atoms with Crippen LogP contribution in [0.3, 0.4) is 0 Å². The predicted molar refractivity (Wildman–Crippen MR) is 101 cm³/mol. The van der Waals surface area contributed by atoms with Crippen molar-refractivity contribution in [1.82, 2.24) is 0 Å². The van der Waals surface area contributed by atoms with Crippen LogP contribution in [0.5, 0.6) is 11.5 Å². The maximum atomic E-state index is 12.7. The fourth-order valence-electron chi connectivity index (χ4n) is 2.11. The molecule has 128 valence electrons. The fourth-order valence-corrected chi connectivity index (χ4v) is 3.14. The number of benzene rings is 2. The largest absolute Gasteiger partial charge is 0.544 e. The van der Waals surface area contributed by atoms with Crippen LogP contribution in [-0.2, 0) is 0 Å². The topological polar surface area (TPSA) is 35.5 Å². The Kier molecular flexibility index (Phi) is 5.18. The van der Waals surface area contributed by atoms with Crippen LogP contribution < -0.4 is 9.16 Å². The number of methoxy groups -OCH3 is 1. The quantitative estimate of drug-likeness (QED) is 0.545. The normalized spacial score (nSPS) is 11.9. The van der Waals surface area contributed by atoms with Gasteiger partial charge in [0.2, 0.25) is 8.32 Å². The van der Waals surface area contributed by atoms with Crippen molar-refractivity contribution in [2.75, 3.05) is 7.11 Å². The SMILES string of the molecule is COc1ccccc1C(=O)c1ccc(O[Si](C)(C)C(C)(C)C)cc1. The zero-order valence-corrected chi connectivity index (χ0v) is 16.3. The number of ketones is 1. The lowest BCUT2D eigenvalue weighted by atomic mass is 10.0. The number of rotatable bonds is 5. The molecule has 4 heteroatoms. The van der Waals surface area contributed by atoms with Crippen molar-refractivity contribution in [3.05, 3.63) is 59.7 Å². The summed E-state index contributed by atoms with van der Waals surface area (Å²) in [6.07, 6.45) is 0. The molecule has 2 aromatic carbocycles. The van der Waals surface area contributed by atoms with Crippen molar-refractivity contribution < 1.29 is 14.0 Å². The Morgan fingerprint density at radius 2 is 1.54 bits per heavy atom. The lowest BCUT2D eigenvalue weighted by molar-refractivity contribution is 0.103. The van der Waals surface area contributed by atoms with Gasteiger partial charge in [-0.3, -0.25) is 4.79 Å². The van der Waals surface area contributed by atoms with Gasteiger partial charge in [-0.25, -0.2) is 0 Å². The molecule has 0 saturated heterocycles. The van der Waals surface area contributed by atoms with Crippen molar-refractivity contribution in [1.29, 1.82) is 0 Å². The third-order valence-corrected chi connectivity index (χ3v) is 9.01. The summed E-state index contributed by atoms with van der Waals surface area (Å²) in [6, 6.07) is 14.7. The summed E-state index contributed by atoms with van der Waals surface area (Å²) in [5, 5.41) is 0.138. The summed E-state index contributed by atoms with van der Waals surface area (Å²) in [5.41, 5.74) is 1.19. The van der Waals surface area contributed by atoms with E-state index in [4.69, 9.17) is 9.16 Å². The maximum Gasteiger partial charge on any atom is 0.250 e. The van der Waals surface area contributed by atoms with Crippen LogP contribution in [0, 0.1) is 0 Å². The molecule has 0 radical (unpaired) electrons. The second-order valence-corrected chi connectivity index (χ2v) is 12.1. The molecule has 0 aliphatic carbocycles. The van der Waals surface area contributed by atoms with Gasteiger partial charge in [-0.2, -0.15) is 0 Å². The van der Waals surface area contributed by atoms with E-state index >= 15 is 0 Å². The first-order chi connectivity index (χ1) is 11.2. The van der Waals surface area contributed by atoms with E-state index in [0.717, 1.165) is 5.75 Å². The van der Waals surface area contributed by atoms with E-state index < -0.39 is 8.32 Å². The van der Waals surface area contributed by atoms with Gasteiger partial charge in [0.15, 0.2) is 5.78 Å². The van der Waals surface area contributed by atoms with Crippen molar-refractivity contribution in [3.63, 3.8) is 0 Å². The van der Waals surface area contributed by atoms with Gasteiger partial charge in [0, 0.05) is 5.56 Å². The number of hydrogen-bond acceptors (Lipinski definition) is 3. The first-order valence-electron chi connectivity index (χ1n) is 8.12. The summed E-state index contributed by atoms with van der Waals surface area (Å²) in [5.74, 6) is 1.36. The highest BCUT2D eigenvalue weighted by Crippen LogP contribution is 2.37. The molecule has 0 N–H and O–H groups in total. The first kappa shape index (κ1) is 18.3.